The van der Waals surface area contributed by atoms with Gasteiger partial charge in [-0.25, -0.2) is 4.79 Å². The van der Waals surface area contributed by atoms with Gasteiger partial charge < -0.3 is 15.2 Å². The molecule has 2 N–H and O–H groups in total. The Bertz CT molecular complexity index is 757. The number of ether oxygens (including phenoxy) is 1. The number of hydrogen-bond donors (Lipinski definition) is 2. The Kier molecular flexibility index (Phi) is 4.35. The van der Waals surface area contributed by atoms with Gasteiger partial charge >= 0.3 is 5.97 Å². The second-order valence-electron chi connectivity index (χ2n) is 6.08. The van der Waals surface area contributed by atoms with E-state index in [0.717, 1.165) is 17.5 Å². The molecule has 0 saturated heterocycles. The Morgan fingerprint density at radius 2 is 2.25 bits per heavy atom. The molecule has 1 aromatic carbocycles. The van der Waals surface area contributed by atoms with Crippen LogP contribution in [-0.2, 0) is 29.1 Å². The molecule has 0 aliphatic carbocycles. The standard InChI is InChI=1S/C17H19N3O4/c1-17(16(22)23,11-20-7-2-6-18-20)19-15(21)13-4-3-12-5-8-24-10-14(12)9-13/h2-4,6-7,9H,5,8,10-11H2,1H3,(H,19,21)(H,22,23). The van der Waals surface area contributed by atoms with Crippen LogP contribution in [0, 0.1) is 0 Å². The van der Waals surface area contributed by atoms with E-state index in [-0.39, 0.29) is 6.54 Å². The first-order valence-electron chi connectivity index (χ1n) is 7.71. The zero-order valence-corrected chi connectivity index (χ0v) is 13.4. The summed E-state index contributed by atoms with van der Waals surface area (Å²) >= 11 is 0. The van der Waals surface area contributed by atoms with Crippen molar-refractivity contribution in [2.24, 2.45) is 0 Å². The number of aromatic nitrogens is 2. The van der Waals surface area contributed by atoms with Crippen molar-refractivity contribution in [3.05, 3.63) is 53.3 Å². The van der Waals surface area contributed by atoms with Crippen LogP contribution in [0.15, 0.2) is 36.7 Å². The highest BCUT2D eigenvalue weighted by atomic mass is 16.5. The first-order valence-corrected chi connectivity index (χ1v) is 7.71. The Hall–Kier alpha value is -2.67. The van der Waals surface area contributed by atoms with Gasteiger partial charge in [-0.1, -0.05) is 6.07 Å². The van der Waals surface area contributed by atoms with E-state index < -0.39 is 17.4 Å². The maximum Gasteiger partial charge on any atom is 0.331 e. The van der Waals surface area contributed by atoms with E-state index in [9.17, 15) is 14.7 Å². The van der Waals surface area contributed by atoms with Crippen LogP contribution in [0.2, 0.25) is 0 Å². The molecular weight excluding hydrogens is 310 g/mol. The second-order valence-corrected chi connectivity index (χ2v) is 6.08. The van der Waals surface area contributed by atoms with Crippen molar-refractivity contribution in [3.63, 3.8) is 0 Å². The maximum absolute atomic E-state index is 12.5. The molecule has 1 unspecified atom stereocenters. The number of rotatable bonds is 5. The Balaban J connectivity index is 1.79. The number of amides is 1. The molecule has 0 saturated carbocycles. The van der Waals surface area contributed by atoms with Gasteiger partial charge in [0, 0.05) is 18.0 Å². The molecule has 126 valence electrons. The largest absolute Gasteiger partial charge is 0.479 e. The van der Waals surface area contributed by atoms with E-state index in [1.54, 1.807) is 30.6 Å². The number of hydrogen-bond acceptors (Lipinski definition) is 4. The summed E-state index contributed by atoms with van der Waals surface area (Å²) < 4.78 is 6.88. The minimum atomic E-state index is -1.46. The average Bonchev–Trinajstić information content (AvgIpc) is 3.06. The minimum Gasteiger partial charge on any atom is -0.479 e. The van der Waals surface area contributed by atoms with Crippen molar-refractivity contribution in [2.45, 2.75) is 32.0 Å². The number of carbonyl (C=O) groups is 2. The monoisotopic (exact) mass is 329 g/mol. The fraction of sp³-hybridized carbons (Fsp3) is 0.353. The molecule has 0 fully saturated rings. The Labute approximate surface area is 139 Å². The highest BCUT2D eigenvalue weighted by molar-refractivity contribution is 5.98. The lowest BCUT2D eigenvalue weighted by Crippen LogP contribution is -2.55. The summed E-state index contributed by atoms with van der Waals surface area (Å²) in [7, 11) is 0. The van der Waals surface area contributed by atoms with Crippen LogP contribution < -0.4 is 5.32 Å². The van der Waals surface area contributed by atoms with E-state index in [4.69, 9.17) is 4.74 Å². The van der Waals surface area contributed by atoms with Crippen LogP contribution in [0.25, 0.3) is 0 Å². The molecule has 7 nitrogen and oxygen atoms in total. The summed E-state index contributed by atoms with van der Waals surface area (Å²) in [5.41, 5.74) is 1.09. The number of nitrogens with one attached hydrogen (secondary N) is 1. The molecule has 1 aromatic heterocycles. The highest BCUT2D eigenvalue weighted by Crippen LogP contribution is 2.19. The maximum atomic E-state index is 12.5. The lowest BCUT2D eigenvalue weighted by atomic mass is 9.98. The fourth-order valence-electron chi connectivity index (χ4n) is 2.71. The molecule has 0 spiro atoms. The average molecular weight is 329 g/mol. The third-order valence-corrected chi connectivity index (χ3v) is 4.14. The first kappa shape index (κ1) is 16.2. The van der Waals surface area contributed by atoms with Crippen molar-refractivity contribution in [1.29, 1.82) is 0 Å². The number of carboxylic acid groups (broad SMARTS) is 1. The zero-order chi connectivity index (χ0) is 17.2. The van der Waals surface area contributed by atoms with E-state index in [2.05, 4.69) is 10.4 Å². The van der Waals surface area contributed by atoms with Gasteiger partial charge in [-0.05, 0) is 42.7 Å². The number of benzene rings is 1. The molecule has 0 radical (unpaired) electrons. The molecule has 0 bridgehead atoms. The predicted molar refractivity (Wildman–Crippen MR) is 85.5 cm³/mol. The summed E-state index contributed by atoms with van der Waals surface area (Å²) in [6.45, 7) is 2.66. The molecule has 1 amide bonds. The molecule has 1 aliphatic heterocycles. The number of nitrogens with zero attached hydrogens (tertiary/aromatic N) is 2. The molecule has 24 heavy (non-hydrogen) atoms. The SMILES string of the molecule is CC(Cn1cccn1)(NC(=O)c1ccc2c(c1)COCC2)C(=O)O. The molecular formula is C17H19N3O4. The molecule has 2 heterocycles. The van der Waals surface area contributed by atoms with Crippen molar-refractivity contribution in [2.75, 3.05) is 6.61 Å². The predicted octanol–water partition coefficient (Wildman–Crippen LogP) is 1.23. The van der Waals surface area contributed by atoms with Crippen molar-refractivity contribution in [3.8, 4) is 0 Å². The topological polar surface area (TPSA) is 93.5 Å². The lowest BCUT2D eigenvalue weighted by Gasteiger charge is -2.26. The summed E-state index contributed by atoms with van der Waals surface area (Å²) in [6, 6.07) is 7.08. The van der Waals surface area contributed by atoms with Crippen LogP contribution in [-0.4, -0.2) is 38.9 Å². The van der Waals surface area contributed by atoms with Crippen LogP contribution in [0.1, 0.15) is 28.4 Å². The summed E-state index contributed by atoms with van der Waals surface area (Å²) in [6.07, 6.45) is 4.04. The first-order chi connectivity index (χ1) is 11.5. The van der Waals surface area contributed by atoms with Gasteiger partial charge in [-0.3, -0.25) is 9.48 Å². The summed E-state index contributed by atoms with van der Waals surface area (Å²) in [4.78, 5) is 24.2. The molecule has 1 aliphatic rings. The Morgan fingerprint density at radius 3 is 2.96 bits per heavy atom. The van der Waals surface area contributed by atoms with Crippen molar-refractivity contribution in [1.82, 2.24) is 15.1 Å². The number of fused-ring (bicyclic) bond motifs is 1. The summed E-state index contributed by atoms with van der Waals surface area (Å²) in [5, 5.41) is 16.2. The molecule has 1 atom stereocenters. The third-order valence-electron chi connectivity index (χ3n) is 4.14. The number of carbonyl (C=O) groups excluding carboxylic acids is 1. The van der Waals surface area contributed by atoms with Gasteiger partial charge in [0.25, 0.3) is 5.91 Å². The normalized spacial score (nSPS) is 16.0. The van der Waals surface area contributed by atoms with Gasteiger partial charge in [-0.2, -0.15) is 5.10 Å². The van der Waals surface area contributed by atoms with Gasteiger partial charge in [-0.15, -0.1) is 0 Å². The third kappa shape index (κ3) is 3.30. The minimum absolute atomic E-state index is 0.0368. The van der Waals surface area contributed by atoms with Crippen LogP contribution in [0.5, 0.6) is 0 Å². The van der Waals surface area contributed by atoms with Crippen LogP contribution in [0.3, 0.4) is 0 Å². The second kappa shape index (κ2) is 6.45. The van der Waals surface area contributed by atoms with Gasteiger partial charge in [0.2, 0.25) is 0 Å². The molecule has 7 heteroatoms. The molecule has 3 rings (SSSR count). The summed E-state index contributed by atoms with van der Waals surface area (Å²) in [5.74, 6) is -1.55. The van der Waals surface area contributed by atoms with Crippen molar-refractivity contribution >= 4 is 11.9 Å². The van der Waals surface area contributed by atoms with Gasteiger partial charge in [0.15, 0.2) is 5.54 Å². The van der Waals surface area contributed by atoms with E-state index in [1.165, 1.54) is 11.6 Å². The number of aliphatic carboxylic acids is 1. The van der Waals surface area contributed by atoms with E-state index in [0.29, 0.717) is 18.8 Å². The quantitative estimate of drug-likeness (QED) is 0.860. The van der Waals surface area contributed by atoms with Gasteiger partial charge in [0.1, 0.15) is 0 Å². The zero-order valence-electron chi connectivity index (χ0n) is 13.4. The van der Waals surface area contributed by atoms with E-state index in [1.807, 2.05) is 6.07 Å². The highest BCUT2D eigenvalue weighted by Gasteiger charge is 2.36. The van der Waals surface area contributed by atoms with Crippen molar-refractivity contribution < 1.29 is 19.4 Å². The lowest BCUT2D eigenvalue weighted by molar-refractivity contribution is -0.144. The van der Waals surface area contributed by atoms with Crippen LogP contribution >= 0.6 is 0 Å². The fourth-order valence-corrected chi connectivity index (χ4v) is 2.71. The smallest absolute Gasteiger partial charge is 0.331 e. The van der Waals surface area contributed by atoms with E-state index >= 15 is 0 Å². The van der Waals surface area contributed by atoms with Gasteiger partial charge in [0.05, 0.1) is 19.8 Å². The van der Waals surface area contributed by atoms with Crippen LogP contribution in [0.4, 0.5) is 0 Å². The Morgan fingerprint density at radius 1 is 1.42 bits per heavy atom. The molecule has 2 aromatic rings. The number of carboxylic acids is 1.